The van der Waals surface area contributed by atoms with Gasteiger partial charge in [-0.05, 0) is 44.5 Å². The molecule has 2 aliphatic heterocycles. The second-order valence-electron chi connectivity index (χ2n) is 8.65. The van der Waals surface area contributed by atoms with Crippen LogP contribution in [0.1, 0.15) is 41.9 Å². The highest BCUT2D eigenvalue weighted by atomic mass is 32.2. The molecule has 1 unspecified atom stereocenters. The lowest BCUT2D eigenvalue weighted by molar-refractivity contribution is 0.0635. The van der Waals surface area contributed by atoms with Gasteiger partial charge in [0.2, 0.25) is 10.0 Å². The molecule has 2 aromatic rings. The van der Waals surface area contributed by atoms with Crippen molar-refractivity contribution in [2.45, 2.75) is 36.5 Å². The maximum absolute atomic E-state index is 13.7. The number of rotatable bonds is 4. The van der Waals surface area contributed by atoms with E-state index in [0.717, 1.165) is 43.6 Å². The second kappa shape index (κ2) is 6.08. The number of aromatic amines is 1. The third-order valence-electron chi connectivity index (χ3n) is 6.36. The summed E-state index contributed by atoms with van der Waals surface area (Å²) in [5, 5.41) is 7.49. The van der Waals surface area contributed by atoms with Gasteiger partial charge in [0.25, 0.3) is 0 Å². The lowest BCUT2D eigenvalue weighted by Gasteiger charge is -2.49. The monoisotopic (exact) mass is 405 g/mol. The van der Waals surface area contributed by atoms with E-state index in [4.69, 9.17) is 4.98 Å². The molecule has 1 aromatic heterocycles. The first-order valence-electron chi connectivity index (χ1n) is 9.66. The topological polar surface area (TPSA) is 82.2 Å². The zero-order chi connectivity index (χ0) is 19.7. The molecule has 1 aromatic carbocycles. The minimum absolute atomic E-state index is 0.0564. The van der Waals surface area contributed by atoms with E-state index < -0.39 is 15.8 Å². The third-order valence-corrected chi connectivity index (χ3v) is 8.30. The standard InChI is InChI=1S/C19H24FN5O2S/c1-12-3-6-14(20)7-16(12)28(26,27)25-10-19(11-25)9-24(2)8-15(19)18-21-17(22-23-18)13-4-5-13/h3,6-7,13,15H,4-5,8-11H2,1-2H3,(H,21,22,23). The summed E-state index contributed by atoms with van der Waals surface area (Å²) in [6.45, 7) is 4.17. The number of hydrogen-bond acceptors (Lipinski definition) is 5. The van der Waals surface area contributed by atoms with E-state index in [1.165, 1.54) is 16.4 Å². The molecule has 1 atom stereocenters. The molecule has 1 N–H and O–H groups in total. The van der Waals surface area contributed by atoms with E-state index in [0.29, 0.717) is 24.6 Å². The van der Waals surface area contributed by atoms with Crippen LogP contribution in [0.5, 0.6) is 0 Å². The van der Waals surface area contributed by atoms with Gasteiger partial charge in [0.15, 0.2) is 5.82 Å². The average Bonchev–Trinajstić information content (AvgIpc) is 3.23. The van der Waals surface area contributed by atoms with E-state index >= 15 is 0 Å². The molecule has 3 fully saturated rings. The third kappa shape index (κ3) is 2.79. The Morgan fingerprint density at radius 2 is 2.00 bits per heavy atom. The highest BCUT2D eigenvalue weighted by molar-refractivity contribution is 7.89. The molecule has 2 saturated heterocycles. The molecule has 0 amide bonds. The Labute approximate surface area is 164 Å². The summed E-state index contributed by atoms with van der Waals surface area (Å²) in [6.07, 6.45) is 2.29. The molecular formula is C19H24FN5O2S. The number of aryl methyl sites for hydroxylation is 1. The van der Waals surface area contributed by atoms with Crippen molar-refractivity contribution in [1.82, 2.24) is 24.4 Å². The van der Waals surface area contributed by atoms with Gasteiger partial charge < -0.3 is 4.90 Å². The van der Waals surface area contributed by atoms with Crippen molar-refractivity contribution >= 4 is 10.0 Å². The molecule has 150 valence electrons. The number of nitrogens with one attached hydrogen (secondary N) is 1. The predicted octanol–water partition coefficient (Wildman–Crippen LogP) is 1.85. The first kappa shape index (κ1) is 18.2. The summed E-state index contributed by atoms with van der Waals surface area (Å²) >= 11 is 0. The van der Waals surface area contributed by atoms with Gasteiger partial charge in [-0.15, -0.1) is 0 Å². The van der Waals surface area contributed by atoms with Crippen LogP contribution in [0.15, 0.2) is 23.1 Å². The van der Waals surface area contributed by atoms with Crippen molar-refractivity contribution in [2.75, 3.05) is 33.2 Å². The van der Waals surface area contributed by atoms with E-state index in [1.54, 1.807) is 6.92 Å². The maximum Gasteiger partial charge on any atom is 0.243 e. The van der Waals surface area contributed by atoms with Crippen LogP contribution in [0.3, 0.4) is 0 Å². The summed E-state index contributed by atoms with van der Waals surface area (Å²) in [6, 6.07) is 3.92. The first-order valence-corrected chi connectivity index (χ1v) is 11.1. The minimum atomic E-state index is -3.71. The van der Waals surface area contributed by atoms with Gasteiger partial charge in [0.05, 0.1) is 4.90 Å². The Kier molecular flexibility index (Phi) is 3.95. The van der Waals surface area contributed by atoms with E-state index in [-0.39, 0.29) is 16.2 Å². The van der Waals surface area contributed by atoms with Crippen LogP contribution in [-0.4, -0.2) is 66.0 Å². The average molecular weight is 405 g/mol. The SMILES string of the molecule is Cc1ccc(F)cc1S(=O)(=O)N1CC2(CN(C)CC2c2nc(C3CC3)n[nH]2)C1. The van der Waals surface area contributed by atoms with E-state index in [1.807, 2.05) is 7.05 Å². The van der Waals surface area contributed by atoms with E-state index in [9.17, 15) is 12.8 Å². The lowest BCUT2D eigenvalue weighted by Crippen LogP contribution is -2.61. The van der Waals surface area contributed by atoms with E-state index in [2.05, 4.69) is 15.1 Å². The van der Waals surface area contributed by atoms with Crippen LogP contribution in [0.4, 0.5) is 4.39 Å². The van der Waals surface area contributed by atoms with Crippen molar-refractivity contribution in [3.05, 3.63) is 41.2 Å². The fourth-order valence-electron chi connectivity index (χ4n) is 4.70. The Balaban J connectivity index is 1.40. The number of likely N-dealkylation sites (tertiary alicyclic amines) is 1. The fourth-order valence-corrected chi connectivity index (χ4v) is 6.57. The number of likely N-dealkylation sites (N-methyl/N-ethyl adjacent to an activating group) is 1. The molecule has 7 nitrogen and oxygen atoms in total. The van der Waals surface area contributed by atoms with Crippen molar-refractivity contribution < 1.29 is 12.8 Å². The quantitative estimate of drug-likeness (QED) is 0.840. The Bertz CT molecular complexity index is 1030. The van der Waals surface area contributed by atoms with Crippen LogP contribution < -0.4 is 0 Å². The Hall–Kier alpha value is -1.84. The molecule has 28 heavy (non-hydrogen) atoms. The molecule has 3 heterocycles. The molecule has 1 aliphatic carbocycles. The maximum atomic E-state index is 13.7. The molecule has 3 aliphatic rings. The number of benzene rings is 1. The number of halogens is 1. The Morgan fingerprint density at radius 1 is 1.25 bits per heavy atom. The van der Waals surface area contributed by atoms with Crippen molar-refractivity contribution in [2.24, 2.45) is 5.41 Å². The van der Waals surface area contributed by atoms with Gasteiger partial charge in [0, 0.05) is 43.4 Å². The molecule has 9 heteroatoms. The summed E-state index contributed by atoms with van der Waals surface area (Å²) in [4.78, 5) is 7.01. The molecule has 1 saturated carbocycles. The van der Waals surface area contributed by atoms with Crippen LogP contribution in [0.25, 0.3) is 0 Å². The van der Waals surface area contributed by atoms with Gasteiger partial charge in [-0.2, -0.15) is 9.40 Å². The van der Waals surface area contributed by atoms with Gasteiger partial charge in [-0.3, -0.25) is 5.10 Å². The van der Waals surface area contributed by atoms with Gasteiger partial charge in [-0.1, -0.05) is 6.07 Å². The van der Waals surface area contributed by atoms with Crippen molar-refractivity contribution in [3.63, 3.8) is 0 Å². The zero-order valence-corrected chi connectivity index (χ0v) is 16.8. The summed E-state index contributed by atoms with van der Waals surface area (Å²) in [5.41, 5.74) is 0.385. The summed E-state index contributed by atoms with van der Waals surface area (Å²) in [5.74, 6) is 1.82. The number of sulfonamides is 1. The molecule has 0 bridgehead atoms. The molecular weight excluding hydrogens is 381 g/mol. The van der Waals surface area contributed by atoms with Crippen LogP contribution in [-0.2, 0) is 10.0 Å². The highest BCUT2D eigenvalue weighted by Crippen LogP contribution is 2.50. The van der Waals surface area contributed by atoms with Crippen LogP contribution >= 0.6 is 0 Å². The number of H-pyrrole nitrogens is 1. The fraction of sp³-hybridized carbons (Fsp3) is 0.579. The highest BCUT2D eigenvalue weighted by Gasteiger charge is 2.58. The van der Waals surface area contributed by atoms with Crippen LogP contribution in [0, 0.1) is 18.2 Å². The van der Waals surface area contributed by atoms with Gasteiger partial charge in [0.1, 0.15) is 11.6 Å². The number of hydrogen-bond donors (Lipinski definition) is 1. The lowest BCUT2D eigenvalue weighted by atomic mass is 9.72. The summed E-state index contributed by atoms with van der Waals surface area (Å²) in [7, 11) is -1.66. The second-order valence-corrected chi connectivity index (χ2v) is 10.6. The Morgan fingerprint density at radius 3 is 2.71 bits per heavy atom. The number of aromatic nitrogens is 3. The smallest absolute Gasteiger partial charge is 0.243 e. The molecule has 1 spiro atoms. The zero-order valence-electron chi connectivity index (χ0n) is 16.0. The summed E-state index contributed by atoms with van der Waals surface area (Å²) < 4.78 is 41.3. The van der Waals surface area contributed by atoms with Gasteiger partial charge >= 0.3 is 0 Å². The predicted molar refractivity (Wildman–Crippen MR) is 101 cm³/mol. The normalized spacial score (nSPS) is 25.3. The van der Waals surface area contributed by atoms with Crippen LogP contribution in [0.2, 0.25) is 0 Å². The first-order chi connectivity index (χ1) is 13.3. The van der Waals surface area contributed by atoms with Crippen molar-refractivity contribution in [3.8, 4) is 0 Å². The van der Waals surface area contributed by atoms with Gasteiger partial charge in [-0.25, -0.2) is 17.8 Å². The number of nitrogens with zero attached hydrogens (tertiary/aromatic N) is 4. The molecule has 0 radical (unpaired) electrons. The minimum Gasteiger partial charge on any atom is -0.305 e. The molecule has 5 rings (SSSR count). The largest absolute Gasteiger partial charge is 0.305 e. The van der Waals surface area contributed by atoms with Crippen molar-refractivity contribution in [1.29, 1.82) is 0 Å².